The molecule has 4 aromatic rings. The number of H-pyrrole nitrogens is 1. The lowest BCUT2D eigenvalue weighted by Gasteiger charge is -2.17. The highest BCUT2D eigenvalue weighted by atomic mass is 16.2. The lowest BCUT2D eigenvalue weighted by atomic mass is 9.90. The maximum absolute atomic E-state index is 13.1. The summed E-state index contributed by atoms with van der Waals surface area (Å²) in [6.45, 7) is 0. The standard InChI is InChI=1S/C20H17N5O2/c1-25-12-21-16-17(25)22-20(24-19(16)27)23-18(26)15(13-8-4-2-5-9-13)14-10-6-3-7-11-14/h2-12,15H,1H3,(H2,22,23,24,26,27). The van der Waals surface area contributed by atoms with Crippen LogP contribution < -0.4 is 10.9 Å². The topological polar surface area (TPSA) is 92.7 Å². The molecular formula is C20H17N5O2. The van der Waals surface area contributed by atoms with Crippen LogP contribution in [0.15, 0.2) is 71.8 Å². The molecule has 2 aromatic heterocycles. The van der Waals surface area contributed by atoms with E-state index >= 15 is 0 Å². The molecule has 1 amide bonds. The fourth-order valence-corrected chi connectivity index (χ4v) is 3.05. The molecule has 0 radical (unpaired) electrons. The Morgan fingerprint density at radius 2 is 1.63 bits per heavy atom. The van der Waals surface area contributed by atoms with Crippen molar-refractivity contribution in [1.82, 2.24) is 19.5 Å². The fourth-order valence-electron chi connectivity index (χ4n) is 3.05. The van der Waals surface area contributed by atoms with Gasteiger partial charge in [0.2, 0.25) is 11.9 Å². The molecule has 27 heavy (non-hydrogen) atoms. The van der Waals surface area contributed by atoms with Crippen molar-refractivity contribution in [1.29, 1.82) is 0 Å². The van der Waals surface area contributed by atoms with Gasteiger partial charge in [0.25, 0.3) is 5.56 Å². The number of aromatic amines is 1. The van der Waals surface area contributed by atoms with Crippen molar-refractivity contribution in [3.05, 3.63) is 88.5 Å². The van der Waals surface area contributed by atoms with Crippen LogP contribution in [0.5, 0.6) is 0 Å². The van der Waals surface area contributed by atoms with Crippen LogP contribution in [0.25, 0.3) is 11.2 Å². The summed E-state index contributed by atoms with van der Waals surface area (Å²) < 4.78 is 1.63. The van der Waals surface area contributed by atoms with E-state index < -0.39 is 11.5 Å². The molecule has 2 N–H and O–H groups in total. The molecule has 0 aliphatic carbocycles. The van der Waals surface area contributed by atoms with E-state index in [0.717, 1.165) is 11.1 Å². The third-order valence-electron chi connectivity index (χ3n) is 4.34. The Morgan fingerprint density at radius 3 is 2.22 bits per heavy atom. The van der Waals surface area contributed by atoms with Crippen molar-refractivity contribution in [2.24, 2.45) is 7.05 Å². The molecule has 7 nitrogen and oxygen atoms in total. The van der Waals surface area contributed by atoms with Gasteiger partial charge in [0.05, 0.1) is 12.2 Å². The van der Waals surface area contributed by atoms with Gasteiger partial charge in [0.15, 0.2) is 11.2 Å². The summed E-state index contributed by atoms with van der Waals surface area (Å²) in [7, 11) is 1.74. The molecule has 134 valence electrons. The smallest absolute Gasteiger partial charge is 0.280 e. The number of carbonyl (C=O) groups excluding carboxylic acids is 1. The van der Waals surface area contributed by atoms with E-state index in [1.165, 1.54) is 6.33 Å². The predicted octanol–water partition coefficient (Wildman–Crippen LogP) is 2.43. The number of aromatic nitrogens is 4. The van der Waals surface area contributed by atoms with Crippen LogP contribution in [0.1, 0.15) is 17.0 Å². The number of benzene rings is 2. The quantitative estimate of drug-likeness (QED) is 0.585. The highest BCUT2D eigenvalue weighted by molar-refractivity contribution is 5.97. The Morgan fingerprint density at radius 1 is 1.04 bits per heavy atom. The van der Waals surface area contributed by atoms with Gasteiger partial charge in [-0.25, -0.2) is 4.98 Å². The first-order valence-electron chi connectivity index (χ1n) is 8.45. The number of nitrogens with zero attached hydrogens (tertiary/aromatic N) is 3. The molecule has 0 aliphatic rings. The first-order chi connectivity index (χ1) is 13.1. The normalized spacial score (nSPS) is 11.0. The number of nitrogens with one attached hydrogen (secondary N) is 2. The van der Waals surface area contributed by atoms with Gasteiger partial charge in [-0.1, -0.05) is 60.7 Å². The third kappa shape index (κ3) is 3.22. The highest BCUT2D eigenvalue weighted by Gasteiger charge is 2.23. The first-order valence-corrected chi connectivity index (χ1v) is 8.45. The Balaban J connectivity index is 1.73. The number of anilines is 1. The maximum atomic E-state index is 13.1. The van der Waals surface area contributed by atoms with Gasteiger partial charge in [0.1, 0.15) is 0 Å². The molecule has 2 aromatic carbocycles. The second kappa shape index (κ2) is 6.87. The van der Waals surface area contributed by atoms with E-state index in [9.17, 15) is 9.59 Å². The summed E-state index contributed by atoms with van der Waals surface area (Å²) in [6.07, 6.45) is 1.51. The van der Waals surface area contributed by atoms with Crippen LogP contribution in [-0.4, -0.2) is 25.4 Å². The number of rotatable bonds is 4. The Kier molecular flexibility index (Phi) is 4.25. The summed E-state index contributed by atoms with van der Waals surface area (Å²) >= 11 is 0. The summed E-state index contributed by atoms with van der Waals surface area (Å²) in [5, 5.41) is 2.74. The number of amides is 1. The van der Waals surface area contributed by atoms with Gasteiger partial charge >= 0.3 is 0 Å². The van der Waals surface area contributed by atoms with Crippen LogP contribution in [0.3, 0.4) is 0 Å². The number of aryl methyl sites for hydroxylation is 1. The third-order valence-corrected chi connectivity index (χ3v) is 4.34. The summed E-state index contributed by atoms with van der Waals surface area (Å²) in [5.74, 6) is -0.713. The van der Waals surface area contributed by atoms with Gasteiger partial charge in [-0.15, -0.1) is 0 Å². The number of hydrogen-bond acceptors (Lipinski definition) is 4. The highest BCUT2D eigenvalue weighted by Crippen LogP contribution is 2.25. The number of hydrogen-bond donors (Lipinski definition) is 2. The van der Waals surface area contributed by atoms with Crippen molar-refractivity contribution < 1.29 is 4.79 Å². The predicted molar refractivity (Wildman–Crippen MR) is 102 cm³/mol. The maximum Gasteiger partial charge on any atom is 0.280 e. The van der Waals surface area contributed by atoms with Crippen LogP contribution in [0, 0.1) is 0 Å². The van der Waals surface area contributed by atoms with Gasteiger partial charge < -0.3 is 4.57 Å². The first kappa shape index (κ1) is 16.7. The second-order valence-electron chi connectivity index (χ2n) is 6.19. The summed E-state index contributed by atoms with van der Waals surface area (Å²) in [5.41, 5.74) is 1.95. The van der Waals surface area contributed by atoms with E-state index in [1.807, 2.05) is 60.7 Å². The molecule has 0 atom stereocenters. The van der Waals surface area contributed by atoms with Crippen molar-refractivity contribution in [3.8, 4) is 0 Å². The largest absolute Gasteiger partial charge is 0.318 e. The number of fused-ring (bicyclic) bond motifs is 1. The Hall–Kier alpha value is -3.74. The molecule has 7 heteroatoms. The molecule has 0 fully saturated rings. The van der Waals surface area contributed by atoms with Crippen molar-refractivity contribution in [2.45, 2.75) is 5.92 Å². The monoisotopic (exact) mass is 359 g/mol. The van der Waals surface area contributed by atoms with Crippen LogP contribution in [0.4, 0.5) is 5.95 Å². The number of carbonyl (C=O) groups is 1. The molecule has 0 bridgehead atoms. The van der Waals surface area contributed by atoms with Crippen LogP contribution in [-0.2, 0) is 11.8 Å². The lowest BCUT2D eigenvalue weighted by molar-refractivity contribution is -0.116. The van der Waals surface area contributed by atoms with Crippen molar-refractivity contribution >= 4 is 23.0 Å². The zero-order valence-corrected chi connectivity index (χ0v) is 14.6. The van der Waals surface area contributed by atoms with E-state index in [4.69, 9.17) is 0 Å². The minimum Gasteiger partial charge on any atom is -0.318 e. The zero-order chi connectivity index (χ0) is 18.8. The Labute approximate surface area is 154 Å². The van der Waals surface area contributed by atoms with Crippen molar-refractivity contribution in [3.63, 3.8) is 0 Å². The molecule has 0 aliphatic heterocycles. The molecule has 0 saturated heterocycles. The summed E-state index contributed by atoms with van der Waals surface area (Å²) in [6, 6.07) is 19.0. The van der Waals surface area contributed by atoms with E-state index in [1.54, 1.807) is 11.6 Å². The van der Waals surface area contributed by atoms with Gasteiger partial charge in [-0.3, -0.25) is 19.9 Å². The summed E-state index contributed by atoms with van der Waals surface area (Å²) in [4.78, 5) is 36.2. The lowest BCUT2D eigenvalue weighted by Crippen LogP contribution is -2.25. The second-order valence-corrected chi connectivity index (χ2v) is 6.19. The fraction of sp³-hybridized carbons (Fsp3) is 0.100. The van der Waals surface area contributed by atoms with Gasteiger partial charge in [-0.05, 0) is 11.1 Å². The van der Waals surface area contributed by atoms with Crippen LogP contribution in [0.2, 0.25) is 0 Å². The van der Waals surface area contributed by atoms with Crippen LogP contribution >= 0.6 is 0 Å². The molecule has 0 saturated carbocycles. The molecule has 2 heterocycles. The average Bonchev–Trinajstić information content (AvgIpc) is 3.05. The van der Waals surface area contributed by atoms with E-state index in [0.29, 0.717) is 5.65 Å². The SMILES string of the molecule is Cn1cnc2c(=O)[nH]c(NC(=O)C(c3ccccc3)c3ccccc3)nc21. The minimum atomic E-state index is -0.528. The average molecular weight is 359 g/mol. The van der Waals surface area contributed by atoms with Gasteiger partial charge in [-0.2, -0.15) is 4.98 Å². The molecule has 0 spiro atoms. The molecular weight excluding hydrogens is 342 g/mol. The van der Waals surface area contributed by atoms with Gasteiger partial charge in [0, 0.05) is 7.05 Å². The Bertz CT molecular complexity index is 1110. The molecule has 0 unspecified atom stereocenters. The van der Waals surface area contributed by atoms with E-state index in [2.05, 4.69) is 20.3 Å². The minimum absolute atomic E-state index is 0.0953. The number of imidazole rings is 1. The molecule has 4 rings (SSSR count). The zero-order valence-electron chi connectivity index (χ0n) is 14.6. The van der Waals surface area contributed by atoms with Crippen molar-refractivity contribution in [2.75, 3.05) is 5.32 Å². The van der Waals surface area contributed by atoms with E-state index in [-0.39, 0.29) is 17.4 Å².